The number of rotatable bonds is 3. The first kappa shape index (κ1) is 18.8. The van der Waals surface area contributed by atoms with Crippen LogP contribution in [-0.4, -0.2) is 39.6 Å². The van der Waals surface area contributed by atoms with Crippen molar-refractivity contribution in [3.05, 3.63) is 53.3 Å². The number of aromatic nitrogens is 3. The lowest BCUT2D eigenvalue weighted by Crippen LogP contribution is -2.55. The summed E-state index contributed by atoms with van der Waals surface area (Å²) >= 11 is 0. The molecule has 0 amide bonds. The molecule has 29 heavy (non-hydrogen) atoms. The van der Waals surface area contributed by atoms with Crippen LogP contribution in [0.1, 0.15) is 23.2 Å². The minimum atomic E-state index is -2.91. The fourth-order valence-electron chi connectivity index (χ4n) is 3.44. The minimum absolute atomic E-state index is 0.0256. The summed E-state index contributed by atoms with van der Waals surface area (Å²) in [6.45, 7) is 0.434. The summed E-state index contributed by atoms with van der Waals surface area (Å²) < 4.78 is 29.6. The van der Waals surface area contributed by atoms with Gasteiger partial charge in [0.2, 0.25) is 5.95 Å². The van der Waals surface area contributed by atoms with Gasteiger partial charge in [-0.1, -0.05) is 0 Å². The van der Waals surface area contributed by atoms with E-state index in [9.17, 15) is 8.78 Å². The molecule has 1 saturated heterocycles. The Kier molecular flexibility index (Phi) is 4.61. The van der Waals surface area contributed by atoms with E-state index in [4.69, 9.17) is 16.3 Å². The summed E-state index contributed by atoms with van der Waals surface area (Å²) in [4.78, 5) is 10.7. The Hall–Kier alpha value is -3.56. The quantitative estimate of drug-likeness (QED) is 0.732. The summed E-state index contributed by atoms with van der Waals surface area (Å²) in [5.74, 6) is -2.40. The van der Waals surface area contributed by atoms with Crippen molar-refractivity contribution in [2.45, 2.75) is 24.9 Å². The molecule has 2 aromatic heterocycles. The molecule has 1 fully saturated rings. The molecular formula is C20H17F2N7. The summed E-state index contributed by atoms with van der Waals surface area (Å²) in [6, 6.07) is 11.4. The van der Waals surface area contributed by atoms with Crippen molar-refractivity contribution in [1.29, 1.82) is 10.5 Å². The second-order valence-corrected chi connectivity index (χ2v) is 7.03. The van der Waals surface area contributed by atoms with Crippen LogP contribution in [0, 0.1) is 22.7 Å². The number of halogens is 2. The van der Waals surface area contributed by atoms with E-state index in [1.165, 1.54) is 6.20 Å². The Labute approximate surface area is 165 Å². The molecule has 1 aromatic carbocycles. The predicted molar refractivity (Wildman–Crippen MR) is 102 cm³/mol. The van der Waals surface area contributed by atoms with Gasteiger partial charge in [0.1, 0.15) is 6.07 Å². The highest BCUT2D eigenvalue weighted by Gasteiger charge is 2.42. The Balaban J connectivity index is 1.77. The number of nitriles is 2. The molecule has 0 aliphatic carbocycles. The average Bonchev–Trinajstić information content (AvgIpc) is 3.08. The van der Waals surface area contributed by atoms with Gasteiger partial charge in [0.05, 0.1) is 46.5 Å². The maximum Gasteiger partial charge on any atom is 0.266 e. The third-order valence-corrected chi connectivity index (χ3v) is 5.09. The van der Waals surface area contributed by atoms with Crippen LogP contribution < -0.4 is 10.6 Å². The van der Waals surface area contributed by atoms with Crippen molar-refractivity contribution in [2.24, 2.45) is 5.73 Å². The van der Waals surface area contributed by atoms with Crippen LogP contribution in [0.15, 0.2) is 36.5 Å². The molecule has 0 radical (unpaired) electrons. The molecule has 2 N–H and O–H groups in total. The molecule has 1 aliphatic rings. The zero-order valence-electron chi connectivity index (χ0n) is 15.4. The SMILES string of the molecule is N#Cc1ccc(Cn2c(N3CCC(F)(F)[C@H](N)C3)nc3cc(C#N)ccc32)nc1. The Morgan fingerprint density at radius 1 is 1.17 bits per heavy atom. The van der Waals surface area contributed by atoms with Crippen LogP contribution in [0.2, 0.25) is 0 Å². The fourth-order valence-corrected chi connectivity index (χ4v) is 3.44. The lowest BCUT2D eigenvalue weighted by atomic mass is 10.0. The number of pyridine rings is 1. The van der Waals surface area contributed by atoms with Gasteiger partial charge in [-0.3, -0.25) is 4.98 Å². The second kappa shape index (κ2) is 7.12. The van der Waals surface area contributed by atoms with E-state index in [0.717, 1.165) is 5.52 Å². The number of fused-ring (bicyclic) bond motifs is 1. The first-order valence-electron chi connectivity index (χ1n) is 9.05. The van der Waals surface area contributed by atoms with Crippen molar-refractivity contribution in [1.82, 2.24) is 14.5 Å². The van der Waals surface area contributed by atoms with E-state index in [-0.39, 0.29) is 19.5 Å². The van der Waals surface area contributed by atoms with Crippen molar-refractivity contribution in [3.8, 4) is 12.1 Å². The highest BCUT2D eigenvalue weighted by atomic mass is 19.3. The van der Waals surface area contributed by atoms with E-state index in [1.807, 2.05) is 10.6 Å². The lowest BCUT2D eigenvalue weighted by Gasteiger charge is -2.37. The first-order valence-corrected chi connectivity index (χ1v) is 9.05. The van der Waals surface area contributed by atoms with Crippen LogP contribution in [0.25, 0.3) is 11.0 Å². The Morgan fingerprint density at radius 2 is 1.93 bits per heavy atom. The molecule has 7 nitrogen and oxygen atoms in total. The number of benzene rings is 1. The van der Waals surface area contributed by atoms with Gasteiger partial charge in [0, 0.05) is 25.7 Å². The number of hydrogen-bond acceptors (Lipinski definition) is 6. The van der Waals surface area contributed by atoms with Crippen LogP contribution in [0.4, 0.5) is 14.7 Å². The topological polar surface area (TPSA) is 108 Å². The highest BCUT2D eigenvalue weighted by Crippen LogP contribution is 2.32. The van der Waals surface area contributed by atoms with E-state index in [1.54, 1.807) is 35.2 Å². The maximum absolute atomic E-state index is 13.9. The maximum atomic E-state index is 13.9. The van der Waals surface area contributed by atoms with Crippen molar-refractivity contribution in [3.63, 3.8) is 0 Å². The Bertz CT molecular complexity index is 1140. The van der Waals surface area contributed by atoms with Crippen LogP contribution in [0.3, 0.4) is 0 Å². The van der Waals surface area contributed by atoms with Gasteiger partial charge in [-0.05, 0) is 30.3 Å². The fraction of sp³-hybridized carbons (Fsp3) is 0.300. The summed E-state index contributed by atoms with van der Waals surface area (Å²) in [7, 11) is 0. The second-order valence-electron chi connectivity index (χ2n) is 7.03. The number of alkyl halides is 2. The molecule has 1 atom stereocenters. The molecule has 4 rings (SSSR count). The van der Waals surface area contributed by atoms with Crippen LogP contribution >= 0.6 is 0 Å². The molecule has 146 valence electrons. The zero-order valence-corrected chi connectivity index (χ0v) is 15.4. The molecule has 1 aliphatic heterocycles. The van der Waals surface area contributed by atoms with Gasteiger partial charge in [0.15, 0.2) is 0 Å². The Morgan fingerprint density at radius 3 is 2.59 bits per heavy atom. The van der Waals surface area contributed by atoms with E-state index >= 15 is 0 Å². The number of imidazole rings is 1. The van der Waals surface area contributed by atoms with Crippen LogP contribution in [0.5, 0.6) is 0 Å². The number of hydrogen-bond donors (Lipinski definition) is 1. The number of anilines is 1. The molecule has 3 aromatic rings. The van der Waals surface area contributed by atoms with Gasteiger partial charge in [-0.25, -0.2) is 13.8 Å². The zero-order chi connectivity index (χ0) is 20.6. The number of nitrogens with zero attached hydrogens (tertiary/aromatic N) is 6. The molecule has 0 unspecified atom stereocenters. The molecule has 9 heteroatoms. The smallest absolute Gasteiger partial charge is 0.266 e. The van der Waals surface area contributed by atoms with Crippen molar-refractivity contribution in [2.75, 3.05) is 18.0 Å². The predicted octanol–water partition coefficient (Wildman–Crippen LogP) is 2.40. The highest BCUT2D eigenvalue weighted by molar-refractivity contribution is 5.80. The third kappa shape index (κ3) is 3.48. The molecular weight excluding hydrogens is 376 g/mol. The molecule has 3 heterocycles. The van der Waals surface area contributed by atoms with Crippen molar-refractivity contribution < 1.29 is 8.78 Å². The van der Waals surface area contributed by atoms with Gasteiger partial charge < -0.3 is 15.2 Å². The lowest BCUT2D eigenvalue weighted by molar-refractivity contribution is -0.0395. The molecule has 0 bridgehead atoms. The van der Waals surface area contributed by atoms with E-state index in [2.05, 4.69) is 16.0 Å². The summed E-state index contributed by atoms with van der Waals surface area (Å²) in [6.07, 6.45) is 1.13. The average molecular weight is 393 g/mol. The summed E-state index contributed by atoms with van der Waals surface area (Å²) in [5, 5.41) is 18.1. The minimum Gasteiger partial charge on any atom is -0.340 e. The van der Waals surface area contributed by atoms with E-state index in [0.29, 0.717) is 34.8 Å². The first-order chi connectivity index (χ1) is 13.9. The largest absolute Gasteiger partial charge is 0.340 e. The van der Waals surface area contributed by atoms with Gasteiger partial charge in [0.25, 0.3) is 5.92 Å². The van der Waals surface area contributed by atoms with Crippen molar-refractivity contribution >= 4 is 17.0 Å². The van der Waals surface area contributed by atoms with E-state index < -0.39 is 12.0 Å². The molecule has 0 saturated carbocycles. The van der Waals surface area contributed by atoms with Gasteiger partial charge in [-0.15, -0.1) is 0 Å². The monoisotopic (exact) mass is 393 g/mol. The van der Waals surface area contributed by atoms with Crippen LogP contribution in [-0.2, 0) is 6.54 Å². The number of piperidine rings is 1. The number of nitrogens with two attached hydrogens (primary N) is 1. The molecule has 0 spiro atoms. The third-order valence-electron chi connectivity index (χ3n) is 5.09. The normalized spacial score (nSPS) is 18.4. The van der Waals surface area contributed by atoms with Gasteiger partial charge >= 0.3 is 0 Å². The van der Waals surface area contributed by atoms with Gasteiger partial charge in [-0.2, -0.15) is 10.5 Å². The standard InChI is InChI=1S/C20H17F2N7/c21-20(22)5-6-28(12-18(20)25)19-27-16-7-13(8-23)2-4-17(16)29(19)11-15-3-1-14(9-24)10-26-15/h1-4,7,10,18H,5-6,11-12,25H2/t18-/m1/s1. The summed E-state index contributed by atoms with van der Waals surface area (Å²) in [5.41, 5.74) is 8.67.